The van der Waals surface area contributed by atoms with Crippen LogP contribution in [-0.2, 0) is 6.42 Å². The number of hydrogen-bond acceptors (Lipinski definition) is 2. The average molecular weight is 243 g/mol. The van der Waals surface area contributed by atoms with Crippen molar-refractivity contribution in [3.8, 4) is 5.75 Å². The van der Waals surface area contributed by atoms with E-state index in [0.29, 0.717) is 13.0 Å². The van der Waals surface area contributed by atoms with Crippen molar-refractivity contribution in [1.29, 1.82) is 0 Å². The molecule has 0 saturated heterocycles. The Bertz CT molecular complexity index is 343. The summed E-state index contributed by atoms with van der Waals surface area (Å²) in [6, 6.07) is 2.50. The van der Waals surface area contributed by atoms with Gasteiger partial charge in [-0.15, -0.1) is 0 Å². The summed E-state index contributed by atoms with van der Waals surface area (Å²) in [5.41, 5.74) is 0.148. The first-order valence-corrected chi connectivity index (χ1v) is 5.80. The molecule has 0 N–H and O–H groups in total. The second-order valence-electron chi connectivity index (χ2n) is 4.21. The van der Waals surface area contributed by atoms with Gasteiger partial charge in [0, 0.05) is 17.7 Å². The molecule has 2 nitrogen and oxygen atoms in total. The molecule has 0 spiro atoms. The minimum absolute atomic E-state index is 0.148. The summed E-state index contributed by atoms with van der Waals surface area (Å²) in [5, 5.41) is 0. The van der Waals surface area contributed by atoms with Crippen LogP contribution in [0.1, 0.15) is 18.9 Å². The number of halogens is 2. The van der Waals surface area contributed by atoms with E-state index in [1.165, 1.54) is 12.1 Å². The maximum Gasteiger partial charge on any atom is 0.133 e. The van der Waals surface area contributed by atoms with Gasteiger partial charge in [0.15, 0.2) is 0 Å². The summed E-state index contributed by atoms with van der Waals surface area (Å²) in [7, 11) is 3.87. The number of hydrogen-bond donors (Lipinski definition) is 0. The molecule has 4 heteroatoms. The smallest absolute Gasteiger partial charge is 0.133 e. The van der Waals surface area contributed by atoms with Crippen molar-refractivity contribution in [2.75, 3.05) is 27.2 Å². The molecule has 0 unspecified atom stereocenters. The molecule has 17 heavy (non-hydrogen) atoms. The van der Waals surface area contributed by atoms with Gasteiger partial charge in [-0.2, -0.15) is 0 Å². The van der Waals surface area contributed by atoms with Crippen LogP contribution in [0.15, 0.2) is 12.1 Å². The molecule has 1 aromatic rings. The van der Waals surface area contributed by atoms with Crippen molar-refractivity contribution < 1.29 is 13.5 Å². The van der Waals surface area contributed by atoms with Crippen LogP contribution in [0.4, 0.5) is 8.78 Å². The third-order valence-electron chi connectivity index (χ3n) is 2.46. The predicted octanol–water partition coefficient (Wildman–Crippen LogP) is 2.86. The molecule has 0 aliphatic carbocycles. The minimum Gasteiger partial charge on any atom is -0.494 e. The minimum atomic E-state index is -0.521. The first-order valence-electron chi connectivity index (χ1n) is 5.80. The monoisotopic (exact) mass is 243 g/mol. The third-order valence-corrected chi connectivity index (χ3v) is 2.46. The van der Waals surface area contributed by atoms with Crippen molar-refractivity contribution >= 4 is 0 Å². The SMILES string of the molecule is CCOc1cc(F)c(CCCN(C)C)c(F)c1. The summed E-state index contributed by atoms with van der Waals surface area (Å²) in [4.78, 5) is 1.99. The Morgan fingerprint density at radius 3 is 2.24 bits per heavy atom. The zero-order valence-electron chi connectivity index (χ0n) is 10.6. The number of ether oxygens (including phenoxy) is 1. The van der Waals surface area contributed by atoms with Crippen LogP contribution in [0.3, 0.4) is 0 Å². The second-order valence-corrected chi connectivity index (χ2v) is 4.21. The Morgan fingerprint density at radius 1 is 1.18 bits per heavy atom. The Balaban J connectivity index is 2.72. The van der Waals surface area contributed by atoms with Gasteiger partial charge in [0.05, 0.1) is 6.61 Å². The van der Waals surface area contributed by atoms with Crippen molar-refractivity contribution in [3.05, 3.63) is 29.3 Å². The third kappa shape index (κ3) is 4.30. The zero-order chi connectivity index (χ0) is 12.8. The molecule has 0 bridgehead atoms. The van der Waals surface area contributed by atoms with Gasteiger partial charge >= 0.3 is 0 Å². The molecule has 0 atom stereocenters. The Kier molecular flexibility index (Phi) is 5.35. The highest BCUT2D eigenvalue weighted by molar-refractivity contribution is 5.30. The van der Waals surface area contributed by atoms with Gasteiger partial charge in [0.2, 0.25) is 0 Å². The van der Waals surface area contributed by atoms with Gasteiger partial charge in [-0.1, -0.05) is 0 Å². The van der Waals surface area contributed by atoms with Gasteiger partial charge in [-0.3, -0.25) is 0 Å². The van der Waals surface area contributed by atoms with E-state index < -0.39 is 11.6 Å². The van der Waals surface area contributed by atoms with E-state index in [1.54, 1.807) is 6.92 Å². The molecule has 0 heterocycles. The van der Waals surface area contributed by atoms with Crippen molar-refractivity contribution in [3.63, 3.8) is 0 Å². The summed E-state index contributed by atoms with van der Waals surface area (Å²) in [5.74, 6) is -0.793. The predicted molar refractivity (Wildman–Crippen MR) is 64.4 cm³/mol. The fraction of sp³-hybridized carbons (Fsp3) is 0.538. The fourth-order valence-electron chi connectivity index (χ4n) is 1.64. The van der Waals surface area contributed by atoms with Crippen LogP contribution in [0.2, 0.25) is 0 Å². The van der Waals surface area contributed by atoms with Gasteiger partial charge in [-0.05, 0) is 40.4 Å². The molecule has 0 fully saturated rings. The molecule has 0 aliphatic heterocycles. The van der Waals surface area contributed by atoms with Crippen LogP contribution >= 0.6 is 0 Å². The summed E-state index contributed by atoms with van der Waals surface area (Å²) in [6.45, 7) is 2.99. The van der Waals surface area contributed by atoms with Crippen LogP contribution in [0.5, 0.6) is 5.75 Å². The highest BCUT2D eigenvalue weighted by Gasteiger charge is 2.11. The highest BCUT2D eigenvalue weighted by atomic mass is 19.1. The standard InChI is InChI=1S/C13H19F2NO/c1-4-17-10-8-12(14)11(13(15)9-10)6-5-7-16(2)3/h8-9H,4-7H2,1-3H3. The van der Waals surface area contributed by atoms with Crippen molar-refractivity contribution in [1.82, 2.24) is 4.90 Å². The Morgan fingerprint density at radius 2 is 1.76 bits per heavy atom. The van der Waals surface area contributed by atoms with E-state index in [1.807, 2.05) is 19.0 Å². The van der Waals surface area contributed by atoms with Crippen molar-refractivity contribution in [2.24, 2.45) is 0 Å². The molecular weight excluding hydrogens is 224 g/mol. The van der Waals surface area contributed by atoms with E-state index in [-0.39, 0.29) is 11.3 Å². The topological polar surface area (TPSA) is 12.5 Å². The van der Waals surface area contributed by atoms with Gasteiger partial charge in [0.1, 0.15) is 17.4 Å². The molecule has 0 amide bonds. The van der Waals surface area contributed by atoms with Crippen LogP contribution in [0.25, 0.3) is 0 Å². The van der Waals surface area contributed by atoms with E-state index >= 15 is 0 Å². The van der Waals surface area contributed by atoms with E-state index in [4.69, 9.17) is 4.74 Å². The maximum atomic E-state index is 13.6. The van der Waals surface area contributed by atoms with Crippen LogP contribution < -0.4 is 4.74 Å². The maximum absolute atomic E-state index is 13.6. The molecule has 96 valence electrons. The number of rotatable bonds is 6. The lowest BCUT2D eigenvalue weighted by atomic mass is 10.1. The lowest BCUT2D eigenvalue weighted by Crippen LogP contribution is -2.14. The Hall–Kier alpha value is -1.16. The molecule has 0 aromatic heterocycles. The highest BCUT2D eigenvalue weighted by Crippen LogP contribution is 2.21. The zero-order valence-corrected chi connectivity index (χ0v) is 10.6. The van der Waals surface area contributed by atoms with Crippen LogP contribution in [0, 0.1) is 11.6 Å². The summed E-state index contributed by atoms with van der Waals surface area (Å²) in [6.07, 6.45) is 1.14. The Labute approximate surface area is 101 Å². The number of benzene rings is 1. The van der Waals surface area contributed by atoms with Gasteiger partial charge in [0.25, 0.3) is 0 Å². The molecule has 0 aliphatic rings. The molecule has 0 radical (unpaired) electrons. The lowest BCUT2D eigenvalue weighted by Gasteiger charge is -2.11. The molecule has 1 rings (SSSR count). The first kappa shape index (κ1) is 13.9. The van der Waals surface area contributed by atoms with E-state index in [2.05, 4.69) is 0 Å². The van der Waals surface area contributed by atoms with Crippen molar-refractivity contribution in [2.45, 2.75) is 19.8 Å². The fourth-order valence-corrected chi connectivity index (χ4v) is 1.64. The molecule has 0 saturated carbocycles. The van der Waals surface area contributed by atoms with E-state index in [0.717, 1.165) is 13.0 Å². The van der Waals surface area contributed by atoms with Crippen LogP contribution in [-0.4, -0.2) is 32.1 Å². The number of nitrogens with zero attached hydrogens (tertiary/aromatic N) is 1. The quantitative estimate of drug-likeness (QED) is 0.761. The average Bonchev–Trinajstić information content (AvgIpc) is 2.22. The summed E-state index contributed by atoms with van der Waals surface area (Å²) >= 11 is 0. The summed E-state index contributed by atoms with van der Waals surface area (Å²) < 4.78 is 32.3. The first-order chi connectivity index (χ1) is 8.04. The van der Waals surface area contributed by atoms with Gasteiger partial charge < -0.3 is 9.64 Å². The lowest BCUT2D eigenvalue weighted by molar-refractivity contribution is 0.335. The van der Waals surface area contributed by atoms with Gasteiger partial charge in [-0.25, -0.2) is 8.78 Å². The second kappa shape index (κ2) is 6.55. The molecule has 1 aromatic carbocycles. The normalized spacial score (nSPS) is 10.9. The van der Waals surface area contributed by atoms with E-state index in [9.17, 15) is 8.78 Å². The largest absolute Gasteiger partial charge is 0.494 e. The molecular formula is C13H19F2NO.